The SMILES string of the molecule is CCCCCCCCCCCCCCCCOC(C)c1ccc(-c2ccc(C(=O)Oc3ccc(OC(CCC)CCCCCCCC)cc3)cc2)cc1. The molecule has 0 saturated carbocycles. The van der Waals surface area contributed by atoms with E-state index in [0.29, 0.717) is 11.3 Å². The van der Waals surface area contributed by atoms with Crippen LogP contribution < -0.4 is 9.47 Å². The van der Waals surface area contributed by atoms with Crippen LogP contribution in [0.2, 0.25) is 0 Å². The van der Waals surface area contributed by atoms with E-state index in [4.69, 9.17) is 14.2 Å². The van der Waals surface area contributed by atoms with E-state index in [1.165, 1.54) is 128 Å². The van der Waals surface area contributed by atoms with Crippen molar-refractivity contribution >= 4 is 5.97 Å². The summed E-state index contributed by atoms with van der Waals surface area (Å²) in [7, 11) is 0. The zero-order valence-electron chi connectivity index (χ0n) is 34.2. The first-order valence-electron chi connectivity index (χ1n) is 21.8. The molecule has 294 valence electrons. The Balaban J connectivity index is 1.31. The summed E-state index contributed by atoms with van der Waals surface area (Å²) in [5.41, 5.74) is 3.89. The summed E-state index contributed by atoms with van der Waals surface area (Å²) in [4.78, 5) is 12.9. The van der Waals surface area contributed by atoms with Crippen LogP contribution in [0.5, 0.6) is 11.5 Å². The minimum absolute atomic E-state index is 0.0756. The van der Waals surface area contributed by atoms with Gasteiger partial charge in [0.2, 0.25) is 0 Å². The van der Waals surface area contributed by atoms with Crippen molar-refractivity contribution < 1.29 is 19.0 Å². The smallest absolute Gasteiger partial charge is 0.343 e. The largest absolute Gasteiger partial charge is 0.490 e. The summed E-state index contributed by atoms with van der Waals surface area (Å²) in [6.45, 7) is 9.71. The lowest BCUT2D eigenvalue weighted by atomic mass is 10.0. The number of ether oxygens (including phenoxy) is 3. The van der Waals surface area contributed by atoms with Gasteiger partial charge in [0.15, 0.2) is 0 Å². The van der Waals surface area contributed by atoms with E-state index < -0.39 is 0 Å². The van der Waals surface area contributed by atoms with E-state index in [2.05, 4.69) is 52.0 Å². The normalized spacial score (nSPS) is 12.5. The Bertz CT molecular complexity index is 1310. The lowest BCUT2D eigenvalue weighted by Gasteiger charge is -2.19. The Labute approximate surface area is 324 Å². The van der Waals surface area contributed by atoms with Gasteiger partial charge in [-0.3, -0.25) is 0 Å². The van der Waals surface area contributed by atoms with Crippen molar-refractivity contribution in [2.45, 2.75) is 188 Å². The van der Waals surface area contributed by atoms with Crippen LogP contribution in [-0.4, -0.2) is 18.7 Å². The number of rotatable bonds is 31. The molecule has 3 aromatic carbocycles. The zero-order chi connectivity index (χ0) is 37.8. The van der Waals surface area contributed by atoms with Gasteiger partial charge in [0.1, 0.15) is 11.5 Å². The van der Waals surface area contributed by atoms with E-state index in [1.807, 2.05) is 48.5 Å². The number of carbonyl (C=O) groups excluding carboxylic acids is 1. The fourth-order valence-electron chi connectivity index (χ4n) is 7.08. The third kappa shape index (κ3) is 19.2. The number of unbranched alkanes of at least 4 members (excludes halogenated alkanes) is 18. The van der Waals surface area contributed by atoms with Crippen LogP contribution in [0.3, 0.4) is 0 Å². The van der Waals surface area contributed by atoms with Crippen molar-refractivity contribution in [2.24, 2.45) is 0 Å². The maximum absolute atomic E-state index is 12.9. The van der Waals surface area contributed by atoms with Crippen molar-refractivity contribution in [1.29, 1.82) is 0 Å². The maximum atomic E-state index is 12.9. The molecule has 0 spiro atoms. The first kappa shape index (κ1) is 44.3. The molecule has 2 unspecified atom stereocenters. The molecular weight excluding hydrogens is 653 g/mol. The molecule has 2 atom stereocenters. The van der Waals surface area contributed by atoms with Crippen LogP contribution in [0.25, 0.3) is 11.1 Å². The van der Waals surface area contributed by atoms with Gasteiger partial charge in [-0.25, -0.2) is 4.79 Å². The highest BCUT2D eigenvalue weighted by Gasteiger charge is 2.13. The van der Waals surface area contributed by atoms with Gasteiger partial charge < -0.3 is 14.2 Å². The number of benzene rings is 3. The summed E-state index contributed by atoms with van der Waals surface area (Å²) in [6, 6.07) is 23.7. The molecule has 0 aromatic heterocycles. The van der Waals surface area contributed by atoms with Gasteiger partial charge in [-0.2, -0.15) is 0 Å². The van der Waals surface area contributed by atoms with Gasteiger partial charge in [0.25, 0.3) is 0 Å². The second-order valence-corrected chi connectivity index (χ2v) is 15.3. The fourth-order valence-corrected chi connectivity index (χ4v) is 7.08. The molecule has 0 N–H and O–H groups in total. The molecular formula is C49H74O4. The number of hydrogen-bond donors (Lipinski definition) is 0. The second-order valence-electron chi connectivity index (χ2n) is 15.3. The Morgan fingerprint density at radius 1 is 0.491 bits per heavy atom. The molecule has 0 aliphatic heterocycles. The van der Waals surface area contributed by atoms with E-state index >= 15 is 0 Å². The van der Waals surface area contributed by atoms with Crippen molar-refractivity contribution in [3.8, 4) is 22.6 Å². The molecule has 3 rings (SSSR count). The van der Waals surface area contributed by atoms with Crippen LogP contribution >= 0.6 is 0 Å². The average molecular weight is 727 g/mol. The van der Waals surface area contributed by atoms with Gasteiger partial charge in [-0.05, 0) is 85.7 Å². The molecule has 0 amide bonds. The molecule has 0 aliphatic carbocycles. The third-order valence-corrected chi connectivity index (χ3v) is 10.5. The first-order chi connectivity index (χ1) is 26.0. The van der Waals surface area contributed by atoms with E-state index in [9.17, 15) is 4.79 Å². The summed E-state index contributed by atoms with van der Waals surface area (Å²) in [5.74, 6) is 0.985. The molecule has 0 bridgehead atoms. The van der Waals surface area contributed by atoms with E-state index in [-0.39, 0.29) is 18.2 Å². The van der Waals surface area contributed by atoms with Crippen molar-refractivity contribution in [1.82, 2.24) is 0 Å². The highest BCUT2D eigenvalue weighted by atomic mass is 16.5. The van der Waals surface area contributed by atoms with Crippen LogP contribution in [0.4, 0.5) is 0 Å². The van der Waals surface area contributed by atoms with Crippen molar-refractivity contribution in [2.75, 3.05) is 6.61 Å². The Kier molecular flexibility index (Phi) is 23.7. The van der Waals surface area contributed by atoms with Gasteiger partial charge >= 0.3 is 5.97 Å². The zero-order valence-corrected chi connectivity index (χ0v) is 34.2. The topological polar surface area (TPSA) is 44.8 Å². The van der Waals surface area contributed by atoms with Gasteiger partial charge in [0, 0.05) is 6.61 Å². The predicted octanol–water partition coefficient (Wildman–Crippen LogP) is 15.4. The molecule has 0 radical (unpaired) electrons. The molecule has 0 saturated heterocycles. The van der Waals surface area contributed by atoms with Crippen LogP contribution in [0.1, 0.15) is 197 Å². The molecule has 3 aromatic rings. The van der Waals surface area contributed by atoms with Crippen LogP contribution in [0, 0.1) is 0 Å². The molecule has 0 aliphatic rings. The Hall–Kier alpha value is -3.11. The minimum Gasteiger partial charge on any atom is -0.490 e. The Morgan fingerprint density at radius 3 is 1.45 bits per heavy atom. The summed E-state index contributed by atoms with van der Waals surface area (Å²) >= 11 is 0. The molecule has 4 heteroatoms. The minimum atomic E-state index is -0.364. The predicted molar refractivity (Wildman–Crippen MR) is 225 cm³/mol. The third-order valence-electron chi connectivity index (χ3n) is 10.5. The number of esters is 1. The van der Waals surface area contributed by atoms with E-state index in [0.717, 1.165) is 49.2 Å². The van der Waals surface area contributed by atoms with Gasteiger partial charge in [0.05, 0.1) is 17.8 Å². The van der Waals surface area contributed by atoms with Crippen molar-refractivity contribution in [3.63, 3.8) is 0 Å². The Morgan fingerprint density at radius 2 is 0.943 bits per heavy atom. The fraction of sp³-hybridized carbons (Fsp3) is 0.612. The van der Waals surface area contributed by atoms with Crippen molar-refractivity contribution in [3.05, 3.63) is 83.9 Å². The average Bonchev–Trinajstić information content (AvgIpc) is 3.18. The summed E-state index contributed by atoms with van der Waals surface area (Å²) in [5, 5.41) is 0. The standard InChI is InChI=1S/C49H74O4/c1-5-8-10-12-14-15-16-17-18-19-20-21-23-25-40-51-41(4)42-28-30-43(31-29-42)44-32-34-45(35-33-44)49(50)53-48-38-36-47(37-39-48)52-46(26-7-3)27-24-22-13-11-9-6-2/h28-39,41,46H,5-27,40H2,1-4H3. The highest BCUT2D eigenvalue weighted by Crippen LogP contribution is 2.26. The first-order valence-corrected chi connectivity index (χ1v) is 21.8. The van der Waals surface area contributed by atoms with E-state index in [1.54, 1.807) is 0 Å². The number of hydrogen-bond acceptors (Lipinski definition) is 4. The lowest BCUT2D eigenvalue weighted by Crippen LogP contribution is -2.16. The quantitative estimate of drug-likeness (QED) is 0.0376. The number of carbonyl (C=O) groups is 1. The van der Waals surface area contributed by atoms with Gasteiger partial charge in [-0.1, -0.05) is 179 Å². The van der Waals surface area contributed by atoms with Gasteiger partial charge in [-0.15, -0.1) is 0 Å². The molecule has 0 heterocycles. The van der Waals surface area contributed by atoms with Crippen LogP contribution in [0.15, 0.2) is 72.8 Å². The molecule has 0 fully saturated rings. The summed E-state index contributed by atoms with van der Waals surface area (Å²) in [6.07, 6.45) is 30.5. The summed E-state index contributed by atoms with van der Waals surface area (Å²) < 4.78 is 18.2. The monoisotopic (exact) mass is 727 g/mol. The molecule has 4 nitrogen and oxygen atoms in total. The highest BCUT2D eigenvalue weighted by molar-refractivity contribution is 5.91. The maximum Gasteiger partial charge on any atom is 0.343 e. The van der Waals surface area contributed by atoms with Crippen LogP contribution in [-0.2, 0) is 4.74 Å². The molecule has 53 heavy (non-hydrogen) atoms. The lowest BCUT2D eigenvalue weighted by molar-refractivity contribution is 0.0627. The second kappa shape index (κ2) is 28.3.